The molecule has 7 atom stereocenters. The number of fused-ring (bicyclic) bond motifs is 1. The highest BCUT2D eigenvalue weighted by Crippen LogP contribution is 2.66. The van der Waals surface area contributed by atoms with Crippen LogP contribution >= 0.6 is 0 Å². The Balaban J connectivity index is 1.55. The van der Waals surface area contributed by atoms with E-state index < -0.39 is 0 Å². The molecule has 3 nitrogen and oxygen atoms in total. The van der Waals surface area contributed by atoms with Crippen LogP contribution in [0.25, 0.3) is 0 Å². The zero-order valence-electron chi connectivity index (χ0n) is 13.0. The summed E-state index contributed by atoms with van der Waals surface area (Å²) < 4.78 is 18.0. The van der Waals surface area contributed by atoms with Gasteiger partial charge in [-0.2, -0.15) is 0 Å². The predicted octanol–water partition coefficient (Wildman–Crippen LogP) is 2.94. The van der Waals surface area contributed by atoms with Crippen molar-refractivity contribution in [3.63, 3.8) is 0 Å². The molecule has 2 aliphatic heterocycles. The van der Waals surface area contributed by atoms with E-state index in [4.69, 9.17) is 14.2 Å². The number of ether oxygens (including phenoxy) is 3. The largest absolute Gasteiger partial charge is 0.381 e. The van der Waals surface area contributed by atoms with E-state index in [1.165, 1.54) is 18.4 Å². The van der Waals surface area contributed by atoms with Gasteiger partial charge in [-0.1, -0.05) is 11.6 Å². The van der Waals surface area contributed by atoms with Crippen LogP contribution in [0.5, 0.6) is 0 Å². The van der Waals surface area contributed by atoms with Gasteiger partial charge >= 0.3 is 0 Å². The molecular formula is C17H26O3. The van der Waals surface area contributed by atoms with Crippen LogP contribution in [-0.2, 0) is 14.2 Å². The maximum Gasteiger partial charge on any atom is 0.100 e. The number of rotatable bonds is 4. The first kappa shape index (κ1) is 13.3. The average Bonchev–Trinajstić information content (AvgIpc) is 3.27. The lowest BCUT2D eigenvalue weighted by Crippen LogP contribution is -2.50. The first-order valence-electron chi connectivity index (χ1n) is 7.98. The van der Waals surface area contributed by atoms with Crippen molar-refractivity contribution in [1.29, 1.82) is 0 Å². The fraction of sp³-hybridized carbons (Fsp3) is 0.882. The Kier molecular flexibility index (Phi) is 2.72. The quantitative estimate of drug-likeness (QED) is 0.586. The van der Waals surface area contributed by atoms with Crippen LogP contribution < -0.4 is 0 Å². The monoisotopic (exact) mass is 278 g/mol. The van der Waals surface area contributed by atoms with Crippen molar-refractivity contribution in [2.45, 2.75) is 63.4 Å². The van der Waals surface area contributed by atoms with E-state index in [0.717, 1.165) is 24.9 Å². The minimum absolute atomic E-state index is 0.0450. The Hall–Kier alpha value is -0.380. The van der Waals surface area contributed by atoms with Crippen LogP contribution in [-0.4, -0.2) is 37.1 Å². The Bertz CT molecular complexity index is 449. The second-order valence-corrected chi connectivity index (χ2v) is 7.70. The molecule has 0 aromatic carbocycles. The Morgan fingerprint density at radius 2 is 2.15 bits per heavy atom. The standard InChI is InChI=1S/C17H26O3/c1-10(2)5-6-13-16(3,20-13)15-14(18-4)12-7-11(12)8-17(15)9-19-17/h5,11-15H,6-9H2,1-4H3/t11?,12?,13-,14?,15?,16+,17+/m1/s1. The Morgan fingerprint density at radius 1 is 1.40 bits per heavy atom. The summed E-state index contributed by atoms with van der Waals surface area (Å²) in [7, 11) is 1.87. The second kappa shape index (κ2) is 4.08. The van der Waals surface area contributed by atoms with Gasteiger partial charge in [0.2, 0.25) is 0 Å². The number of epoxide rings is 2. The summed E-state index contributed by atoms with van der Waals surface area (Å²) in [5.74, 6) is 2.02. The van der Waals surface area contributed by atoms with E-state index in [0.29, 0.717) is 18.1 Å². The highest BCUT2D eigenvalue weighted by atomic mass is 16.6. The van der Waals surface area contributed by atoms with Crippen molar-refractivity contribution >= 4 is 0 Å². The summed E-state index contributed by atoms with van der Waals surface area (Å²) in [5.41, 5.74) is 1.40. The molecule has 2 aliphatic carbocycles. The molecule has 0 aromatic heterocycles. The van der Waals surface area contributed by atoms with Gasteiger partial charge in [-0.3, -0.25) is 0 Å². The maximum atomic E-state index is 6.16. The van der Waals surface area contributed by atoms with Crippen LogP contribution in [0, 0.1) is 17.8 Å². The lowest BCUT2D eigenvalue weighted by atomic mass is 9.69. The van der Waals surface area contributed by atoms with Crippen molar-refractivity contribution in [3.8, 4) is 0 Å². The van der Waals surface area contributed by atoms with Gasteiger partial charge in [0.1, 0.15) is 11.2 Å². The summed E-state index contributed by atoms with van der Waals surface area (Å²) in [4.78, 5) is 0. The Morgan fingerprint density at radius 3 is 2.75 bits per heavy atom. The lowest BCUT2D eigenvalue weighted by Gasteiger charge is -2.38. The van der Waals surface area contributed by atoms with Gasteiger partial charge in [0.05, 0.1) is 18.8 Å². The van der Waals surface area contributed by atoms with Crippen molar-refractivity contribution in [1.82, 2.24) is 0 Å². The molecule has 4 fully saturated rings. The SMILES string of the molecule is COC1C2CC2C[C@]2(CO2)C1[C@@]1(C)O[C@@H]1CC=C(C)C. The van der Waals surface area contributed by atoms with E-state index in [9.17, 15) is 0 Å². The van der Waals surface area contributed by atoms with Gasteiger partial charge in [-0.15, -0.1) is 0 Å². The van der Waals surface area contributed by atoms with Crippen LogP contribution in [0.2, 0.25) is 0 Å². The highest BCUT2D eigenvalue weighted by Gasteiger charge is 2.75. The fourth-order valence-electron chi connectivity index (χ4n) is 4.75. The number of allylic oxidation sites excluding steroid dienone is 1. The minimum atomic E-state index is -0.0450. The Labute approximate surface area is 121 Å². The van der Waals surface area contributed by atoms with Crippen LogP contribution in [0.4, 0.5) is 0 Å². The zero-order valence-corrected chi connectivity index (χ0v) is 13.0. The molecule has 0 bridgehead atoms. The number of methoxy groups -OCH3 is 1. The zero-order chi connectivity index (χ0) is 14.1. The molecular weight excluding hydrogens is 252 g/mol. The molecule has 20 heavy (non-hydrogen) atoms. The molecule has 2 saturated heterocycles. The predicted molar refractivity (Wildman–Crippen MR) is 76.5 cm³/mol. The van der Waals surface area contributed by atoms with E-state index in [2.05, 4.69) is 26.8 Å². The van der Waals surface area contributed by atoms with Crippen LogP contribution in [0.15, 0.2) is 11.6 Å². The molecule has 2 heterocycles. The third kappa shape index (κ3) is 1.83. The van der Waals surface area contributed by atoms with E-state index in [-0.39, 0.29) is 11.2 Å². The maximum absolute atomic E-state index is 6.16. The summed E-state index contributed by atoms with van der Waals surface area (Å²) >= 11 is 0. The topological polar surface area (TPSA) is 34.3 Å². The van der Waals surface area contributed by atoms with Crippen molar-refractivity contribution in [2.75, 3.05) is 13.7 Å². The third-order valence-electron chi connectivity index (χ3n) is 6.03. The fourth-order valence-corrected chi connectivity index (χ4v) is 4.75. The molecule has 0 radical (unpaired) electrons. The molecule has 2 saturated carbocycles. The molecule has 0 amide bonds. The molecule has 4 rings (SSSR count). The first-order valence-corrected chi connectivity index (χ1v) is 7.98. The molecule has 112 valence electrons. The number of hydrogen-bond donors (Lipinski definition) is 0. The third-order valence-corrected chi connectivity index (χ3v) is 6.03. The van der Waals surface area contributed by atoms with Crippen molar-refractivity contribution in [2.24, 2.45) is 17.8 Å². The summed E-state index contributed by atoms with van der Waals surface area (Å²) in [6.07, 6.45) is 6.55. The first-order chi connectivity index (χ1) is 9.50. The highest BCUT2D eigenvalue weighted by molar-refractivity contribution is 5.23. The normalized spacial score (nSPS) is 55.3. The molecule has 4 unspecified atom stereocenters. The summed E-state index contributed by atoms with van der Waals surface area (Å²) in [6, 6.07) is 0. The molecule has 1 spiro atoms. The summed E-state index contributed by atoms with van der Waals surface area (Å²) in [6.45, 7) is 7.49. The van der Waals surface area contributed by atoms with Crippen LogP contribution in [0.3, 0.4) is 0 Å². The second-order valence-electron chi connectivity index (χ2n) is 7.70. The van der Waals surface area contributed by atoms with E-state index in [1.807, 2.05) is 7.11 Å². The lowest BCUT2D eigenvalue weighted by molar-refractivity contribution is -0.0568. The van der Waals surface area contributed by atoms with Crippen molar-refractivity contribution in [3.05, 3.63) is 11.6 Å². The molecule has 3 heteroatoms. The van der Waals surface area contributed by atoms with E-state index >= 15 is 0 Å². The van der Waals surface area contributed by atoms with Gasteiger partial charge in [-0.05, 0) is 51.9 Å². The van der Waals surface area contributed by atoms with Gasteiger partial charge < -0.3 is 14.2 Å². The van der Waals surface area contributed by atoms with E-state index in [1.54, 1.807) is 0 Å². The average molecular weight is 278 g/mol. The molecule has 4 aliphatic rings. The van der Waals surface area contributed by atoms with Gasteiger partial charge in [-0.25, -0.2) is 0 Å². The van der Waals surface area contributed by atoms with Gasteiger partial charge in [0, 0.05) is 13.0 Å². The smallest absolute Gasteiger partial charge is 0.100 e. The van der Waals surface area contributed by atoms with Gasteiger partial charge in [0.25, 0.3) is 0 Å². The molecule has 0 N–H and O–H groups in total. The van der Waals surface area contributed by atoms with Gasteiger partial charge in [0.15, 0.2) is 0 Å². The van der Waals surface area contributed by atoms with Crippen LogP contribution in [0.1, 0.15) is 40.0 Å². The minimum Gasteiger partial charge on any atom is -0.381 e. The summed E-state index contributed by atoms with van der Waals surface area (Å²) in [5, 5.41) is 0. The van der Waals surface area contributed by atoms with Crippen molar-refractivity contribution < 1.29 is 14.2 Å². The molecule has 0 aromatic rings. The number of hydrogen-bond acceptors (Lipinski definition) is 3.